The minimum atomic E-state index is -0.925. The highest BCUT2D eigenvalue weighted by atomic mass is 35.5. The summed E-state index contributed by atoms with van der Waals surface area (Å²) in [5.74, 6) is -1.67. The number of carbonyl (C=O) groups is 2. The molecular weight excluding hydrogens is 490 g/mol. The van der Waals surface area contributed by atoms with Crippen LogP contribution in [0.2, 0.25) is 5.02 Å². The molecule has 190 valence electrons. The Labute approximate surface area is 220 Å². The van der Waals surface area contributed by atoms with Crippen molar-refractivity contribution in [3.8, 4) is 5.75 Å². The van der Waals surface area contributed by atoms with Crippen molar-refractivity contribution in [3.63, 3.8) is 0 Å². The van der Waals surface area contributed by atoms with E-state index in [0.29, 0.717) is 16.4 Å². The van der Waals surface area contributed by atoms with Gasteiger partial charge in [0.2, 0.25) is 0 Å². The summed E-state index contributed by atoms with van der Waals surface area (Å²) >= 11 is 6.37. The normalized spacial score (nSPS) is 19.4. The molecule has 1 unspecified atom stereocenters. The molecule has 1 atom stereocenters. The maximum atomic E-state index is 13.5. The summed E-state index contributed by atoms with van der Waals surface area (Å²) in [6, 6.07) is 15.4. The molecule has 0 bridgehead atoms. The molecule has 1 N–H and O–H groups in total. The number of aliphatic hydroxyl groups excluding tert-OH is 1. The first-order valence-electron chi connectivity index (χ1n) is 12.3. The molecule has 0 saturated carbocycles. The zero-order chi connectivity index (χ0) is 26.1. The van der Waals surface area contributed by atoms with Crippen LogP contribution in [0.3, 0.4) is 0 Å². The van der Waals surface area contributed by atoms with Crippen LogP contribution in [0.4, 0.5) is 11.4 Å². The number of nitrogens with zero attached hydrogens (tertiary/aromatic N) is 3. The van der Waals surface area contributed by atoms with Crippen LogP contribution in [0.25, 0.3) is 5.76 Å². The van der Waals surface area contributed by atoms with Crippen molar-refractivity contribution >= 4 is 40.4 Å². The quantitative estimate of drug-likeness (QED) is 0.267. The number of benzene rings is 2. The summed E-state index contributed by atoms with van der Waals surface area (Å²) < 4.78 is 5.44. The van der Waals surface area contributed by atoms with Gasteiger partial charge in [-0.05, 0) is 80.3 Å². The number of aromatic nitrogens is 1. The number of amides is 1. The molecule has 0 radical (unpaired) electrons. The Kier molecular flexibility index (Phi) is 6.89. The fraction of sp³-hybridized carbons (Fsp3) is 0.276. The first-order chi connectivity index (χ1) is 17.9. The molecule has 2 saturated heterocycles. The number of hydrogen-bond acceptors (Lipinski definition) is 6. The van der Waals surface area contributed by atoms with Crippen LogP contribution in [0, 0.1) is 6.92 Å². The third-order valence-corrected chi connectivity index (χ3v) is 7.19. The highest BCUT2D eigenvalue weighted by Crippen LogP contribution is 2.44. The number of pyridine rings is 1. The van der Waals surface area contributed by atoms with Gasteiger partial charge in [0.1, 0.15) is 17.6 Å². The highest BCUT2D eigenvalue weighted by molar-refractivity contribution is 6.51. The van der Waals surface area contributed by atoms with E-state index < -0.39 is 17.7 Å². The van der Waals surface area contributed by atoms with Gasteiger partial charge in [0.25, 0.3) is 11.7 Å². The van der Waals surface area contributed by atoms with E-state index in [9.17, 15) is 14.7 Å². The van der Waals surface area contributed by atoms with E-state index in [1.54, 1.807) is 36.5 Å². The lowest BCUT2D eigenvalue weighted by Crippen LogP contribution is -2.31. The molecule has 3 aromatic rings. The number of anilines is 2. The maximum absolute atomic E-state index is 13.5. The van der Waals surface area contributed by atoms with Gasteiger partial charge in [-0.3, -0.25) is 19.5 Å². The van der Waals surface area contributed by atoms with Gasteiger partial charge in [-0.25, -0.2) is 0 Å². The topological polar surface area (TPSA) is 83.0 Å². The van der Waals surface area contributed by atoms with E-state index in [4.69, 9.17) is 16.3 Å². The lowest BCUT2D eigenvalue weighted by atomic mass is 9.97. The molecule has 5 rings (SSSR count). The molecule has 3 heterocycles. The predicted octanol–water partition coefficient (Wildman–Crippen LogP) is 5.67. The zero-order valence-corrected chi connectivity index (χ0v) is 21.5. The van der Waals surface area contributed by atoms with Crippen LogP contribution in [-0.2, 0) is 9.59 Å². The molecule has 1 aromatic heterocycles. The average molecular weight is 518 g/mol. The smallest absolute Gasteiger partial charge is 0.300 e. The number of ketones is 1. The van der Waals surface area contributed by atoms with Crippen molar-refractivity contribution in [2.75, 3.05) is 30.0 Å². The molecule has 2 aromatic carbocycles. The molecule has 0 aliphatic carbocycles. The molecule has 8 heteroatoms. The van der Waals surface area contributed by atoms with Crippen molar-refractivity contribution in [3.05, 3.63) is 88.2 Å². The van der Waals surface area contributed by atoms with Crippen LogP contribution in [-0.4, -0.2) is 42.0 Å². The van der Waals surface area contributed by atoms with Crippen LogP contribution < -0.4 is 14.5 Å². The first kappa shape index (κ1) is 24.8. The number of halogens is 1. The number of carbonyl (C=O) groups excluding carboxylic acids is 2. The van der Waals surface area contributed by atoms with Gasteiger partial charge < -0.3 is 14.7 Å². The average Bonchev–Trinajstić information content (AvgIpc) is 3.19. The summed E-state index contributed by atoms with van der Waals surface area (Å²) in [4.78, 5) is 35.1. The Hall–Kier alpha value is -3.84. The van der Waals surface area contributed by atoms with Gasteiger partial charge in [-0.1, -0.05) is 17.7 Å². The molecule has 2 fully saturated rings. The molecule has 7 nitrogen and oxygen atoms in total. The standard InChI is InChI=1S/C29H28ClN3O4/c1-18-16-21(28(37-2)22(30)17-18)26(34)24-25(23-8-4-5-13-31-23)33(29(36)27(24)35)20-11-9-19(10-12-20)32-14-6-3-7-15-32/h4-5,8-13,16-17,25,34H,3,6-7,14-15H2,1-2H3/b26-24+. The van der Waals surface area contributed by atoms with Crippen LogP contribution in [0.5, 0.6) is 5.75 Å². The minimum absolute atomic E-state index is 0.0660. The van der Waals surface area contributed by atoms with E-state index in [-0.39, 0.29) is 22.6 Å². The lowest BCUT2D eigenvalue weighted by molar-refractivity contribution is -0.132. The Balaban J connectivity index is 1.64. The summed E-state index contributed by atoms with van der Waals surface area (Å²) in [5, 5.41) is 11.8. The first-order valence-corrected chi connectivity index (χ1v) is 12.7. The number of aliphatic hydroxyl groups is 1. The zero-order valence-electron chi connectivity index (χ0n) is 20.8. The highest BCUT2D eigenvalue weighted by Gasteiger charge is 2.48. The van der Waals surface area contributed by atoms with Gasteiger partial charge in [-0.2, -0.15) is 0 Å². The number of aryl methyl sites for hydroxylation is 1. The summed E-state index contributed by atoms with van der Waals surface area (Å²) in [5.41, 5.74) is 3.03. The van der Waals surface area contributed by atoms with Gasteiger partial charge in [-0.15, -0.1) is 0 Å². The summed E-state index contributed by atoms with van der Waals surface area (Å²) in [6.07, 6.45) is 5.14. The van der Waals surface area contributed by atoms with Crippen molar-refractivity contribution in [2.45, 2.75) is 32.2 Å². The number of ether oxygens (including phenoxy) is 1. The van der Waals surface area contributed by atoms with E-state index in [1.807, 2.05) is 31.2 Å². The fourth-order valence-electron chi connectivity index (χ4n) is 5.15. The summed E-state index contributed by atoms with van der Waals surface area (Å²) in [7, 11) is 1.44. The minimum Gasteiger partial charge on any atom is -0.507 e. The third-order valence-electron chi connectivity index (χ3n) is 6.91. The molecular formula is C29H28ClN3O4. The molecule has 2 aliphatic heterocycles. The second kappa shape index (κ2) is 10.3. The van der Waals surface area contributed by atoms with Gasteiger partial charge in [0.05, 0.1) is 29.0 Å². The third kappa shape index (κ3) is 4.55. The van der Waals surface area contributed by atoms with Crippen molar-refractivity contribution < 1.29 is 19.4 Å². The molecule has 2 aliphatic rings. The number of rotatable bonds is 5. The number of Topliss-reactive ketones (excluding diaryl/α,β-unsaturated/α-hetero) is 1. The van der Waals surface area contributed by atoms with E-state index >= 15 is 0 Å². The number of methoxy groups -OCH3 is 1. The van der Waals surface area contributed by atoms with Gasteiger partial charge >= 0.3 is 0 Å². The SMILES string of the molecule is COc1c(Cl)cc(C)cc1/C(O)=C1\C(=O)C(=O)N(c2ccc(N3CCCCC3)cc2)C1c1ccccn1. The Morgan fingerprint density at radius 3 is 2.38 bits per heavy atom. The maximum Gasteiger partial charge on any atom is 0.300 e. The van der Waals surface area contributed by atoms with Crippen LogP contribution in [0.15, 0.2) is 66.4 Å². The van der Waals surface area contributed by atoms with Gasteiger partial charge in [0.15, 0.2) is 0 Å². The Morgan fingerprint density at radius 1 is 1.03 bits per heavy atom. The molecule has 1 amide bonds. The lowest BCUT2D eigenvalue weighted by Gasteiger charge is -2.30. The second-order valence-electron chi connectivity index (χ2n) is 9.32. The van der Waals surface area contributed by atoms with Crippen LogP contribution >= 0.6 is 11.6 Å². The molecule has 37 heavy (non-hydrogen) atoms. The molecule has 0 spiro atoms. The fourth-order valence-corrected chi connectivity index (χ4v) is 5.50. The predicted molar refractivity (Wildman–Crippen MR) is 144 cm³/mol. The van der Waals surface area contributed by atoms with Crippen molar-refractivity contribution in [1.29, 1.82) is 0 Å². The van der Waals surface area contributed by atoms with Crippen LogP contribution in [0.1, 0.15) is 42.1 Å². The monoisotopic (exact) mass is 517 g/mol. The summed E-state index contributed by atoms with van der Waals surface area (Å²) in [6.45, 7) is 3.82. The van der Waals surface area contributed by atoms with E-state index in [2.05, 4.69) is 9.88 Å². The number of hydrogen-bond donors (Lipinski definition) is 1. The van der Waals surface area contributed by atoms with E-state index in [0.717, 1.165) is 37.2 Å². The van der Waals surface area contributed by atoms with Gasteiger partial charge in [0, 0.05) is 30.7 Å². The largest absolute Gasteiger partial charge is 0.507 e. The number of piperidine rings is 1. The van der Waals surface area contributed by atoms with E-state index in [1.165, 1.54) is 18.4 Å². The second-order valence-corrected chi connectivity index (χ2v) is 9.72. The Morgan fingerprint density at radius 2 is 1.73 bits per heavy atom. The Bertz CT molecular complexity index is 1370. The van der Waals surface area contributed by atoms with Crippen molar-refractivity contribution in [2.24, 2.45) is 0 Å². The van der Waals surface area contributed by atoms with Crippen molar-refractivity contribution in [1.82, 2.24) is 4.98 Å².